The normalized spacial score (nSPS) is 11.8. The number of carbonyl (C=O) groups is 2. The van der Waals surface area contributed by atoms with Gasteiger partial charge in [-0.1, -0.05) is 0 Å². The lowest BCUT2D eigenvalue weighted by atomic mass is 9.98. The summed E-state index contributed by atoms with van der Waals surface area (Å²) in [5, 5.41) is 0. The van der Waals surface area contributed by atoms with Gasteiger partial charge in [-0.05, 0) is 24.6 Å². The Labute approximate surface area is 88.3 Å². The summed E-state index contributed by atoms with van der Waals surface area (Å²) in [6.45, 7) is 2.06. The van der Waals surface area contributed by atoms with E-state index in [1.165, 1.54) is 0 Å². The summed E-state index contributed by atoms with van der Waals surface area (Å²) < 4.78 is 4.89. The van der Waals surface area contributed by atoms with Crippen LogP contribution in [0.4, 0.5) is 0 Å². The molecule has 0 saturated heterocycles. The van der Waals surface area contributed by atoms with Crippen LogP contribution in [-0.2, 0) is 14.3 Å². The molecule has 0 radical (unpaired) electrons. The number of pyridine rings is 1. The van der Waals surface area contributed by atoms with Gasteiger partial charge < -0.3 is 9.53 Å². The molecule has 1 rings (SSSR count). The third kappa shape index (κ3) is 3.16. The molecule has 80 valence electrons. The second kappa shape index (κ2) is 5.90. The number of carbonyl (C=O) groups excluding carboxylic acids is 2. The number of aromatic nitrogens is 1. The van der Waals surface area contributed by atoms with Crippen LogP contribution in [0, 0.1) is 0 Å². The monoisotopic (exact) mass is 207 g/mol. The number of hydrogen-bond donors (Lipinski definition) is 0. The van der Waals surface area contributed by atoms with Gasteiger partial charge in [0.05, 0.1) is 12.5 Å². The fraction of sp³-hybridized carbons (Fsp3) is 0.364. The Morgan fingerprint density at radius 3 is 2.73 bits per heavy atom. The summed E-state index contributed by atoms with van der Waals surface area (Å²) in [4.78, 5) is 25.9. The molecular weight excluding hydrogens is 194 g/mol. The number of hydrogen-bond acceptors (Lipinski definition) is 4. The summed E-state index contributed by atoms with van der Waals surface area (Å²) in [5.41, 5.74) is 0.760. The summed E-state index contributed by atoms with van der Waals surface area (Å²) >= 11 is 0. The van der Waals surface area contributed by atoms with Crippen LogP contribution in [0.3, 0.4) is 0 Å². The third-order valence-electron chi connectivity index (χ3n) is 2.01. The van der Waals surface area contributed by atoms with Crippen molar-refractivity contribution in [2.75, 3.05) is 6.61 Å². The fourth-order valence-corrected chi connectivity index (χ4v) is 1.30. The van der Waals surface area contributed by atoms with Crippen molar-refractivity contribution in [2.45, 2.75) is 19.3 Å². The Bertz CT molecular complexity index is 324. The molecule has 0 aliphatic carbocycles. The molecule has 0 amide bonds. The molecule has 4 nitrogen and oxygen atoms in total. The van der Waals surface area contributed by atoms with Crippen LogP contribution < -0.4 is 0 Å². The quantitative estimate of drug-likeness (QED) is 0.539. The average molecular weight is 207 g/mol. The average Bonchev–Trinajstić information content (AvgIpc) is 2.27. The van der Waals surface area contributed by atoms with Gasteiger partial charge in [-0.25, -0.2) is 0 Å². The highest BCUT2D eigenvalue weighted by Gasteiger charge is 2.21. The van der Waals surface area contributed by atoms with Crippen LogP contribution in [0.25, 0.3) is 0 Å². The maximum absolute atomic E-state index is 11.5. The highest BCUT2D eigenvalue weighted by molar-refractivity contribution is 5.81. The SMILES string of the molecule is CCOC(=O)C(CC=O)c1ccncc1. The topological polar surface area (TPSA) is 56.3 Å². The summed E-state index contributed by atoms with van der Waals surface area (Å²) in [7, 11) is 0. The predicted molar refractivity (Wildman–Crippen MR) is 54.3 cm³/mol. The Morgan fingerprint density at radius 1 is 1.53 bits per heavy atom. The predicted octanol–water partition coefficient (Wildman–Crippen LogP) is 1.32. The van der Waals surface area contributed by atoms with Crippen molar-refractivity contribution in [1.29, 1.82) is 0 Å². The Hall–Kier alpha value is -1.71. The molecule has 15 heavy (non-hydrogen) atoms. The lowest BCUT2D eigenvalue weighted by Gasteiger charge is -2.12. The molecule has 0 bridgehead atoms. The van der Waals surface area contributed by atoms with E-state index in [2.05, 4.69) is 4.98 Å². The van der Waals surface area contributed by atoms with Crippen molar-refractivity contribution >= 4 is 12.3 Å². The van der Waals surface area contributed by atoms with E-state index in [1.807, 2.05) is 0 Å². The van der Waals surface area contributed by atoms with Crippen molar-refractivity contribution in [3.8, 4) is 0 Å². The van der Waals surface area contributed by atoms with Crippen molar-refractivity contribution in [2.24, 2.45) is 0 Å². The van der Waals surface area contributed by atoms with Crippen LogP contribution >= 0.6 is 0 Å². The van der Waals surface area contributed by atoms with Gasteiger partial charge in [-0.15, -0.1) is 0 Å². The van der Waals surface area contributed by atoms with Gasteiger partial charge >= 0.3 is 5.97 Å². The van der Waals surface area contributed by atoms with Crippen molar-refractivity contribution in [1.82, 2.24) is 4.98 Å². The van der Waals surface area contributed by atoms with E-state index in [1.54, 1.807) is 31.5 Å². The van der Waals surface area contributed by atoms with Crippen molar-refractivity contribution in [3.63, 3.8) is 0 Å². The summed E-state index contributed by atoms with van der Waals surface area (Å²) in [6, 6.07) is 3.43. The number of aldehydes is 1. The largest absolute Gasteiger partial charge is 0.466 e. The van der Waals surface area contributed by atoms with Gasteiger partial charge in [-0.2, -0.15) is 0 Å². The molecule has 0 spiro atoms. The molecule has 0 fully saturated rings. The maximum Gasteiger partial charge on any atom is 0.313 e. The van der Waals surface area contributed by atoms with E-state index in [-0.39, 0.29) is 12.4 Å². The molecule has 1 heterocycles. The standard InChI is InChI=1S/C11H13NO3/c1-2-15-11(14)10(5-8-13)9-3-6-12-7-4-9/h3-4,6-8,10H,2,5H2,1H3. The lowest BCUT2D eigenvalue weighted by Crippen LogP contribution is -2.16. The molecule has 0 aliphatic rings. The first-order chi connectivity index (χ1) is 7.29. The van der Waals surface area contributed by atoms with E-state index in [4.69, 9.17) is 4.74 Å². The highest BCUT2D eigenvalue weighted by Crippen LogP contribution is 2.19. The van der Waals surface area contributed by atoms with Gasteiger partial charge in [0.15, 0.2) is 0 Å². The zero-order valence-corrected chi connectivity index (χ0v) is 8.55. The minimum Gasteiger partial charge on any atom is -0.466 e. The molecule has 1 atom stereocenters. The molecule has 0 aliphatic heterocycles. The molecule has 1 unspecified atom stereocenters. The second-order valence-electron chi connectivity index (χ2n) is 2.99. The highest BCUT2D eigenvalue weighted by atomic mass is 16.5. The number of ether oxygens (including phenoxy) is 1. The Morgan fingerprint density at radius 2 is 2.20 bits per heavy atom. The zero-order chi connectivity index (χ0) is 11.1. The molecule has 0 saturated carbocycles. The van der Waals surface area contributed by atoms with Crippen molar-refractivity contribution < 1.29 is 14.3 Å². The minimum atomic E-state index is -0.509. The first kappa shape index (κ1) is 11.4. The smallest absolute Gasteiger partial charge is 0.313 e. The maximum atomic E-state index is 11.5. The third-order valence-corrected chi connectivity index (χ3v) is 2.01. The number of rotatable bonds is 5. The molecule has 1 aromatic heterocycles. The van der Waals surface area contributed by atoms with E-state index < -0.39 is 5.92 Å². The molecule has 1 aromatic rings. The first-order valence-electron chi connectivity index (χ1n) is 4.79. The molecule has 0 N–H and O–H groups in total. The lowest BCUT2D eigenvalue weighted by molar-refractivity contribution is -0.145. The van der Waals surface area contributed by atoms with Crippen LogP contribution in [0.15, 0.2) is 24.5 Å². The fourth-order valence-electron chi connectivity index (χ4n) is 1.30. The van der Waals surface area contributed by atoms with Crippen LogP contribution in [0.2, 0.25) is 0 Å². The number of nitrogens with zero attached hydrogens (tertiary/aromatic N) is 1. The Kier molecular flexibility index (Phi) is 4.47. The van der Waals surface area contributed by atoms with Crippen molar-refractivity contribution in [3.05, 3.63) is 30.1 Å². The molecule has 0 aromatic carbocycles. The van der Waals surface area contributed by atoms with E-state index >= 15 is 0 Å². The van der Waals surface area contributed by atoms with E-state index in [0.29, 0.717) is 6.61 Å². The van der Waals surface area contributed by atoms with Gasteiger partial charge in [0.2, 0.25) is 0 Å². The number of esters is 1. The van der Waals surface area contributed by atoms with Gasteiger partial charge in [-0.3, -0.25) is 9.78 Å². The van der Waals surface area contributed by atoms with Gasteiger partial charge in [0, 0.05) is 18.8 Å². The molecule has 4 heteroatoms. The minimum absolute atomic E-state index is 0.142. The molecular formula is C11H13NO3. The van der Waals surface area contributed by atoms with Gasteiger partial charge in [0.1, 0.15) is 6.29 Å². The summed E-state index contributed by atoms with van der Waals surface area (Å²) in [6.07, 6.45) is 4.05. The summed E-state index contributed by atoms with van der Waals surface area (Å²) in [5.74, 6) is -0.874. The second-order valence-corrected chi connectivity index (χ2v) is 2.99. The zero-order valence-electron chi connectivity index (χ0n) is 8.55. The van der Waals surface area contributed by atoms with E-state index in [0.717, 1.165) is 11.8 Å². The van der Waals surface area contributed by atoms with Gasteiger partial charge in [0.25, 0.3) is 0 Å². The van der Waals surface area contributed by atoms with Crippen LogP contribution in [0.1, 0.15) is 24.8 Å². The van der Waals surface area contributed by atoms with Crippen LogP contribution in [0.5, 0.6) is 0 Å². The van der Waals surface area contributed by atoms with E-state index in [9.17, 15) is 9.59 Å². The Balaban J connectivity index is 2.82. The first-order valence-corrected chi connectivity index (χ1v) is 4.79. The van der Waals surface area contributed by atoms with Crippen LogP contribution in [-0.4, -0.2) is 23.8 Å².